The molecule has 5 heteroatoms. The van der Waals surface area contributed by atoms with Gasteiger partial charge in [0.05, 0.1) is 11.1 Å². The van der Waals surface area contributed by atoms with Gasteiger partial charge in [0, 0.05) is 13.3 Å². The summed E-state index contributed by atoms with van der Waals surface area (Å²) in [5.41, 5.74) is 2.64. The van der Waals surface area contributed by atoms with Gasteiger partial charge in [-0.2, -0.15) is 0 Å². The molecule has 1 aliphatic heterocycles. The Morgan fingerprint density at radius 1 is 1.00 bits per heavy atom. The molecule has 1 heterocycles. The number of benzene rings is 2. The highest BCUT2D eigenvalue weighted by Crippen LogP contribution is 2.41. The van der Waals surface area contributed by atoms with Gasteiger partial charge >= 0.3 is 5.97 Å². The van der Waals surface area contributed by atoms with Gasteiger partial charge in [0.25, 0.3) is 11.8 Å². The third-order valence-corrected chi connectivity index (χ3v) is 4.57. The van der Waals surface area contributed by atoms with Gasteiger partial charge in [-0.15, -0.1) is 0 Å². The minimum atomic E-state index is -0.586. The van der Waals surface area contributed by atoms with E-state index in [9.17, 15) is 14.4 Å². The molecule has 0 N–H and O–H groups in total. The van der Waals surface area contributed by atoms with Crippen molar-refractivity contribution in [2.75, 3.05) is 0 Å². The molecule has 0 saturated heterocycles. The summed E-state index contributed by atoms with van der Waals surface area (Å²) in [4.78, 5) is 38.3. The number of hydrogen-bond donors (Lipinski definition) is 0. The number of rotatable bonds is 2. The Labute approximate surface area is 138 Å². The number of fused-ring (bicyclic) bond motifs is 2. The van der Waals surface area contributed by atoms with E-state index in [0.29, 0.717) is 17.5 Å². The zero-order valence-electron chi connectivity index (χ0n) is 13.1. The molecule has 2 unspecified atom stereocenters. The van der Waals surface area contributed by atoms with Gasteiger partial charge in [-0.1, -0.05) is 36.4 Å². The number of esters is 1. The fourth-order valence-corrected chi connectivity index (χ4v) is 3.62. The van der Waals surface area contributed by atoms with Crippen LogP contribution >= 0.6 is 0 Å². The van der Waals surface area contributed by atoms with Gasteiger partial charge < -0.3 is 4.74 Å². The molecule has 4 rings (SSSR count). The molecule has 2 atom stereocenters. The van der Waals surface area contributed by atoms with Crippen LogP contribution in [0, 0.1) is 0 Å². The molecule has 2 amide bonds. The topological polar surface area (TPSA) is 63.7 Å². The Hall–Kier alpha value is -2.95. The first-order valence-electron chi connectivity index (χ1n) is 7.80. The van der Waals surface area contributed by atoms with Crippen molar-refractivity contribution in [1.82, 2.24) is 4.90 Å². The maximum absolute atomic E-state index is 12.8. The molecule has 2 aromatic carbocycles. The van der Waals surface area contributed by atoms with Crippen LogP contribution in [-0.4, -0.2) is 28.8 Å². The number of imide groups is 1. The standard InChI is InChI=1S/C19H15NO4/c1-11(21)24-16-10-12-6-2-3-7-13(12)17(16)20-18(22)14-8-4-5-9-15(14)19(20)23/h2-9,16-17H,10H2,1H3. The van der Waals surface area contributed by atoms with Gasteiger partial charge in [-0.05, 0) is 23.3 Å². The van der Waals surface area contributed by atoms with E-state index in [0.717, 1.165) is 11.1 Å². The van der Waals surface area contributed by atoms with Crippen molar-refractivity contribution in [3.63, 3.8) is 0 Å². The van der Waals surface area contributed by atoms with Crippen LogP contribution in [0.25, 0.3) is 0 Å². The van der Waals surface area contributed by atoms with E-state index in [1.165, 1.54) is 11.8 Å². The largest absolute Gasteiger partial charge is 0.460 e. The second-order valence-electron chi connectivity index (χ2n) is 6.02. The molecule has 0 bridgehead atoms. The van der Waals surface area contributed by atoms with E-state index in [-0.39, 0.29) is 11.8 Å². The Kier molecular flexibility index (Phi) is 3.23. The SMILES string of the molecule is CC(=O)OC1Cc2ccccc2C1N1C(=O)c2ccccc2C1=O. The predicted octanol–water partition coefficient (Wildman–Crippen LogP) is 2.51. The fraction of sp³-hybridized carbons (Fsp3) is 0.211. The van der Waals surface area contributed by atoms with E-state index in [4.69, 9.17) is 4.74 Å². The Balaban J connectivity index is 1.80. The summed E-state index contributed by atoms with van der Waals surface area (Å²) >= 11 is 0. The summed E-state index contributed by atoms with van der Waals surface area (Å²) in [6.07, 6.45) is -0.0597. The average molecular weight is 321 g/mol. The molecule has 2 aliphatic rings. The lowest BCUT2D eigenvalue weighted by Gasteiger charge is -2.28. The summed E-state index contributed by atoms with van der Waals surface area (Å²) in [5.74, 6) is -1.10. The first kappa shape index (κ1) is 14.6. The van der Waals surface area contributed by atoms with Gasteiger partial charge in [-0.25, -0.2) is 0 Å². The Morgan fingerprint density at radius 2 is 1.58 bits per heavy atom. The molecule has 1 aliphatic carbocycles. The maximum atomic E-state index is 12.8. The first-order valence-corrected chi connectivity index (χ1v) is 7.80. The van der Waals surface area contributed by atoms with E-state index in [1.54, 1.807) is 24.3 Å². The van der Waals surface area contributed by atoms with Crippen molar-refractivity contribution in [3.8, 4) is 0 Å². The minimum absolute atomic E-state index is 0.338. The highest BCUT2D eigenvalue weighted by atomic mass is 16.5. The van der Waals surface area contributed by atoms with E-state index in [1.807, 2.05) is 24.3 Å². The number of nitrogens with zero attached hydrogens (tertiary/aromatic N) is 1. The van der Waals surface area contributed by atoms with Gasteiger partial charge in [0.1, 0.15) is 12.1 Å². The summed E-state index contributed by atoms with van der Waals surface area (Å²) in [6, 6.07) is 13.8. The molecule has 0 spiro atoms. The number of hydrogen-bond acceptors (Lipinski definition) is 4. The van der Waals surface area contributed by atoms with Crippen molar-refractivity contribution in [3.05, 3.63) is 70.8 Å². The van der Waals surface area contributed by atoms with Crippen molar-refractivity contribution in [2.45, 2.75) is 25.5 Å². The molecule has 120 valence electrons. The lowest BCUT2D eigenvalue weighted by Crippen LogP contribution is -2.40. The fourth-order valence-electron chi connectivity index (χ4n) is 3.62. The van der Waals surface area contributed by atoms with Crippen LogP contribution < -0.4 is 0 Å². The number of amides is 2. The minimum Gasteiger partial charge on any atom is -0.460 e. The zero-order chi connectivity index (χ0) is 16.8. The monoisotopic (exact) mass is 321 g/mol. The molecule has 24 heavy (non-hydrogen) atoms. The van der Waals surface area contributed by atoms with Crippen LogP contribution in [0.3, 0.4) is 0 Å². The lowest BCUT2D eigenvalue weighted by atomic mass is 10.1. The van der Waals surface area contributed by atoms with Crippen molar-refractivity contribution >= 4 is 17.8 Å². The number of carbonyl (C=O) groups is 3. The third kappa shape index (κ3) is 2.05. The van der Waals surface area contributed by atoms with Crippen LogP contribution in [0.15, 0.2) is 48.5 Å². The predicted molar refractivity (Wildman–Crippen MR) is 85.4 cm³/mol. The summed E-state index contributed by atoms with van der Waals surface area (Å²) in [7, 11) is 0. The smallest absolute Gasteiger partial charge is 0.302 e. The van der Waals surface area contributed by atoms with E-state index < -0.39 is 18.1 Å². The van der Waals surface area contributed by atoms with Crippen LogP contribution in [0.2, 0.25) is 0 Å². The van der Waals surface area contributed by atoms with Gasteiger partial charge in [-0.3, -0.25) is 19.3 Å². The van der Waals surface area contributed by atoms with E-state index in [2.05, 4.69) is 0 Å². The van der Waals surface area contributed by atoms with Gasteiger partial charge in [0.15, 0.2) is 0 Å². The highest BCUT2D eigenvalue weighted by molar-refractivity contribution is 6.21. The molecule has 5 nitrogen and oxygen atoms in total. The van der Waals surface area contributed by atoms with Crippen LogP contribution in [-0.2, 0) is 16.0 Å². The first-order chi connectivity index (χ1) is 11.6. The molecule has 0 radical (unpaired) electrons. The van der Waals surface area contributed by atoms with Crippen molar-refractivity contribution < 1.29 is 19.1 Å². The molecule has 0 saturated carbocycles. The lowest BCUT2D eigenvalue weighted by molar-refractivity contribution is -0.148. The maximum Gasteiger partial charge on any atom is 0.302 e. The van der Waals surface area contributed by atoms with Gasteiger partial charge in [0.2, 0.25) is 0 Å². The molecule has 0 fully saturated rings. The Bertz CT molecular complexity index is 838. The summed E-state index contributed by atoms with van der Waals surface area (Å²) in [5, 5.41) is 0. The van der Waals surface area contributed by atoms with Crippen LogP contribution in [0.1, 0.15) is 44.8 Å². The number of ether oxygens (including phenoxy) is 1. The normalized spacial score (nSPS) is 21.6. The van der Waals surface area contributed by atoms with Crippen LogP contribution in [0.5, 0.6) is 0 Å². The van der Waals surface area contributed by atoms with E-state index >= 15 is 0 Å². The highest BCUT2D eigenvalue weighted by Gasteiger charge is 2.47. The number of carbonyl (C=O) groups excluding carboxylic acids is 3. The molecule has 0 aromatic heterocycles. The second-order valence-corrected chi connectivity index (χ2v) is 6.02. The Morgan fingerprint density at radius 3 is 2.21 bits per heavy atom. The summed E-state index contributed by atoms with van der Waals surface area (Å²) < 4.78 is 5.43. The zero-order valence-corrected chi connectivity index (χ0v) is 13.1. The quantitative estimate of drug-likeness (QED) is 0.630. The molecular weight excluding hydrogens is 306 g/mol. The molecular formula is C19H15NO4. The second kappa shape index (κ2) is 5.30. The summed E-state index contributed by atoms with van der Waals surface area (Å²) in [6.45, 7) is 1.34. The third-order valence-electron chi connectivity index (χ3n) is 4.57. The van der Waals surface area contributed by atoms with Crippen molar-refractivity contribution in [1.29, 1.82) is 0 Å². The molecule has 2 aromatic rings. The van der Waals surface area contributed by atoms with Crippen LogP contribution in [0.4, 0.5) is 0 Å². The van der Waals surface area contributed by atoms with Crippen molar-refractivity contribution in [2.24, 2.45) is 0 Å². The average Bonchev–Trinajstić information content (AvgIpc) is 3.03.